The van der Waals surface area contributed by atoms with Crippen LogP contribution in [-0.4, -0.2) is 31.2 Å². The molecule has 0 aliphatic carbocycles. The van der Waals surface area contributed by atoms with E-state index in [1.807, 2.05) is 6.07 Å². The number of pyridine rings is 1. The maximum atomic E-state index is 4.95. The second kappa shape index (κ2) is 6.85. The lowest BCUT2D eigenvalue weighted by Gasteiger charge is -2.29. The molecule has 1 aliphatic heterocycles. The third-order valence-corrected chi connectivity index (χ3v) is 4.40. The highest BCUT2D eigenvalue weighted by atomic mass is 15.2. The van der Waals surface area contributed by atoms with Crippen LogP contribution in [-0.2, 0) is 0 Å². The molecule has 3 heteroatoms. The normalized spacial score (nSPS) is 15.2. The van der Waals surface area contributed by atoms with Gasteiger partial charge in [0.1, 0.15) is 5.82 Å². The van der Waals surface area contributed by atoms with Gasteiger partial charge < -0.3 is 10.2 Å². The Balaban J connectivity index is 1.75. The maximum Gasteiger partial charge on any atom is 0.137 e. The molecule has 0 radical (unpaired) electrons. The van der Waals surface area contributed by atoms with Gasteiger partial charge >= 0.3 is 0 Å². The number of hydrogen-bond donors (Lipinski definition) is 1. The second-order valence-electron chi connectivity index (χ2n) is 6.07. The molecule has 120 valence electrons. The molecule has 1 fully saturated rings. The van der Waals surface area contributed by atoms with E-state index < -0.39 is 0 Å². The summed E-state index contributed by atoms with van der Waals surface area (Å²) in [7, 11) is 0. The first-order valence-electron chi connectivity index (χ1n) is 8.49. The molecule has 4 rings (SSSR count). The van der Waals surface area contributed by atoms with E-state index in [4.69, 9.17) is 4.98 Å². The molecule has 1 aromatic heterocycles. The number of nitrogens with one attached hydrogen (secondary N) is 1. The van der Waals surface area contributed by atoms with Crippen molar-refractivity contribution in [3.05, 3.63) is 71.9 Å². The van der Waals surface area contributed by atoms with Crippen LogP contribution in [0.25, 0.3) is 22.9 Å². The summed E-state index contributed by atoms with van der Waals surface area (Å²) < 4.78 is 0. The predicted octanol–water partition coefficient (Wildman–Crippen LogP) is 3.81. The van der Waals surface area contributed by atoms with Crippen molar-refractivity contribution < 1.29 is 0 Å². The fraction of sp³-hybridized carbons (Fsp3) is 0.190. The zero-order valence-corrected chi connectivity index (χ0v) is 13.7. The van der Waals surface area contributed by atoms with Gasteiger partial charge in [-0.15, -0.1) is 0 Å². The Morgan fingerprint density at radius 2 is 1.62 bits per heavy atom. The minimum atomic E-state index is 1.00. The van der Waals surface area contributed by atoms with Crippen molar-refractivity contribution in [3.63, 3.8) is 0 Å². The molecule has 0 atom stereocenters. The van der Waals surface area contributed by atoms with Crippen LogP contribution >= 0.6 is 0 Å². The first-order chi connectivity index (χ1) is 11.9. The Kier molecular flexibility index (Phi) is 4.26. The number of aromatic nitrogens is 1. The van der Waals surface area contributed by atoms with Crippen molar-refractivity contribution in [1.82, 2.24) is 10.3 Å². The van der Waals surface area contributed by atoms with Gasteiger partial charge in [-0.2, -0.15) is 0 Å². The zero-order valence-electron chi connectivity index (χ0n) is 13.7. The molecule has 24 heavy (non-hydrogen) atoms. The Labute approximate surface area is 142 Å². The van der Waals surface area contributed by atoms with Gasteiger partial charge in [0, 0.05) is 31.6 Å². The molecule has 1 aliphatic rings. The van der Waals surface area contributed by atoms with E-state index in [-0.39, 0.29) is 0 Å². The predicted molar refractivity (Wildman–Crippen MR) is 102 cm³/mol. The Hall–Kier alpha value is -2.65. The molecule has 0 amide bonds. The average Bonchev–Trinajstić information content (AvgIpc) is 2.67. The summed E-state index contributed by atoms with van der Waals surface area (Å²) in [5.41, 5.74) is 2.20. The Bertz CT molecular complexity index is 849. The van der Waals surface area contributed by atoms with E-state index >= 15 is 0 Å². The number of benzene rings is 2. The summed E-state index contributed by atoms with van der Waals surface area (Å²) in [5.74, 6) is 1.10. The smallest absolute Gasteiger partial charge is 0.137 e. The minimum Gasteiger partial charge on any atom is -0.354 e. The molecular formula is C21H21N3. The van der Waals surface area contributed by atoms with Crippen LogP contribution in [0, 0.1) is 0 Å². The van der Waals surface area contributed by atoms with E-state index in [1.54, 1.807) is 0 Å². The quantitative estimate of drug-likeness (QED) is 0.796. The van der Waals surface area contributed by atoms with E-state index in [9.17, 15) is 0 Å². The highest BCUT2D eigenvalue weighted by Gasteiger charge is 2.15. The van der Waals surface area contributed by atoms with Gasteiger partial charge in [-0.05, 0) is 23.1 Å². The summed E-state index contributed by atoms with van der Waals surface area (Å²) in [5, 5.41) is 5.89. The van der Waals surface area contributed by atoms with Gasteiger partial charge in [0.2, 0.25) is 0 Å². The van der Waals surface area contributed by atoms with Crippen LogP contribution in [0.15, 0.2) is 60.7 Å². The van der Waals surface area contributed by atoms with Crippen molar-refractivity contribution in [2.75, 3.05) is 31.1 Å². The van der Waals surface area contributed by atoms with Crippen LogP contribution in [0.1, 0.15) is 11.3 Å². The molecular weight excluding hydrogens is 294 g/mol. The number of hydrogen-bond acceptors (Lipinski definition) is 3. The fourth-order valence-electron chi connectivity index (χ4n) is 3.15. The summed E-state index contributed by atoms with van der Waals surface area (Å²) in [6.07, 6.45) is 4.23. The van der Waals surface area contributed by atoms with Gasteiger partial charge in [0.25, 0.3) is 0 Å². The molecule has 1 N–H and O–H groups in total. The van der Waals surface area contributed by atoms with Gasteiger partial charge in [-0.25, -0.2) is 4.98 Å². The Morgan fingerprint density at radius 3 is 2.46 bits per heavy atom. The van der Waals surface area contributed by atoms with Gasteiger partial charge in [-0.1, -0.05) is 60.7 Å². The number of nitrogens with zero attached hydrogens (tertiary/aromatic N) is 2. The molecule has 2 aromatic carbocycles. The van der Waals surface area contributed by atoms with E-state index in [0.29, 0.717) is 0 Å². The molecule has 0 unspecified atom stereocenters. The van der Waals surface area contributed by atoms with Crippen LogP contribution in [0.4, 0.5) is 5.82 Å². The van der Waals surface area contributed by atoms with Crippen LogP contribution in [0.2, 0.25) is 0 Å². The number of fused-ring (bicyclic) bond motifs is 1. The first kappa shape index (κ1) is 14.9. The van der Waals surface area contributed by atoms with Crippen molar-refractivity contribution in [3.8, 4) is 0 Å². The maximum absolute atomic E-state index is 4.95. The van der Waals surface area contributed by atoms with Crippen molar-refractivity contribution >= 4 is 28.7 Å². The molecule has 2 heterocycles. The van der Waals surface area contributed by atoms with Gasteiger partial charge in [0.05, 0.1) is 5.69 Å². The zero-order chi connectivity index (χ0) is 16.2. The van der Waals surface area contributed by atoms with Crippen molar-refractivity contribution in [1.29, 1.82) is 0 Å². The van der Waals surface area contributed by atoms with E-state index in [2.05, 4.69) is 77.0 Å². The monoisotopic (exact) mass is 315 g/mol. The van der Waals surface area contributed by atoms with Crippen LogP contribution < -0.4 is 10.2 Å². The third kappa shape index (κ3) is 3.17. The minimum absolute atomic E-state index is 1.00. The summed E-state index contributed by atoms with van der Waals surface area (Å²) in [4.78, 5) is 7.34. The average molecular weight is 315 g/mol. The Morgan fingerprint density at radius 1 is 0.875 bits per heavy atom. The summed E-state index contributed by atoms with van der Waals surface area (Å²) in [6, 6.07) is 21.0. The molecule has 3 aromatic rings. The second-order valence-corrected chi connectivity index (χ2v) is 6.07. The molecule has 0 bridgehead atoms. The molecule has 0 saturated carbocycles. The van der Waals surface area contributed by atoms with E-state index in [1.165, 1.54) is 16.3 Å². The molecule has 1 saturated heterocycles. The first-order valence-corrected chi connectivity index (χ1v) is 8.49. The highest BCUT2D eigenvalue weighted by molar-refractivity contribution is 5.94. The number of anilines is 1. The number of rotatable bonds is 3. The van der Waals surface area contributed by atoms with Crippen LogP contribution in [0.3, 0.4) is 0 Å². The largest absolute Gasteiger partial charge is 0.354 e. The number of piperazine rings is 1. The highest BCUT2D eigenvalue weighted by Crippen LogP contribution is 2.26. The molecule has 0 spiro atoms. The van der Waals surface area contributed by atoms with Crippen LogP contribution in [0.5, 0.6) is 0 Å². The topological polar surface area (TPSA) is 28.2 Å². The van der Waals surface area contributed by atoms with Gasteiger partial charge in [-0.3, -0.25) is 0 Å². The van der Waals surface area contributed by atoms with Crippen molar-refractivity contribution in [2.45, 2.75) is 0 Å². The van der Waals surface area contributed by atoms with Gasteiger partial charge in [0.15, 0.2) is 0 Å². The van der Waals surface area contributed by atoms with E-state index in [0.717, 1.165) is 37.7 Å². The summed E-state index contributed by atoms with van der Waals surface area (Å²) >= 11 is 0. The lowest BCUT2D eigenvalue weighted by molar-refractivity contribution is 0.586. The molecule has 3 nitrogen and oxygen atoms in total. The third-order valence-electron chi connectivity index (χ3n) is 4.40. The lowest BCUT2D eigenvalue weighted by Crippen LogP contribution is -2.44. The fourth-order valence-corrected chi connectivity index (χ4v) is 3.15. The summed E-state index contributed by atoms with van der Waals surface area (Å²) in [6.45, 7) is 4.03. The lowest BCUT2D eigenvalue weighted by atomic mass is 10.1. The standard InChI is InChI=1S/C21H21N3/c1-2-6-17(7-3-1)10-11-19-16-18-8-4-5-9-20(18)21(23-19)24-14-12-22-13-15-24/h1-11,16,22H,12-15H2/b11-10+. The van der Waals surface area contributed by atoms with Crippen molar-refractivity contribution in [2.24, 2.45) is 0 Å². The SMILES string of the molecule is C(=C\c1cc2ccccc2c(N2CCNCC2)n1)/c1ccccc1.